The Balaban J connectivity index is 1.79. The van der Waals surface area contributed by atoms with Gasteiger partial charge in [-0.2, -0.15) is 16.9 Å². The van der Waals surface area contributed by atoms with Crippen molar-refractivity contribution >= 4 is 28.6 Å². The van der Waals surface area contributed by atoms with Crippen LogP contribution in [-0.2, 0) is 21.4 Å². The maximum absolute atomic E-state index is 13.8. The molecule has 1 aliphatic heterocycles. The van der Waals surface area contributed by atoms with Crippen LogP contribution < -0.4 is 4.74 Å². The van der Waals surface area contributed by atoms with Crippen LogP contribution in [0.25, 0.3) is 0 Å². The zero-order valence-corrected chi connectivity index (χ0v) is 19.2. The molecule has 0 spiro atoms. The van der Waals surface area contributed by atoms with E-state index in [0.29, 0.717) is 18.6 Å². The van der Waals surface area contributed by atoms with Crippen molar-refractivity contribution in [2.75, 3.05) is 19.8 Å². The van der Waals surface area contributed by atoms with Crippen LogP contribution in [0, 0.1) is 17.5 Å². The molecular weight excluding hydrogens is 483 g/mol. The Morgan fingerprint density at radius 3 is 2.55 bits per heavy atom. The van der Waals surface area contributed by atoms with Gasteiger partial charge in [-0.15, -0.1) is 0 Å². The van der Waals surface area contributed by atoms with Gasteiger partial charge in [0.1, 0.15) is 17.1 Å². The molecule has 1 fully saturated rings. The summed E-state index contributed by atoms with van der Waals surface area (Å²) in [7, 11) is -4.12. The molecule has 2 aromatic carbocycles. The minimum atomic E-state index is -4.12. The van der Waals surface area contributed by atoms with Crippen LogP contribution >= 0.6 is 12.6 Å². The Hall–Kier alpha value is -2.28. The Labute approximate surface area is 194 Å². The summed E-state index contributed by atoms with van der Waals surface area (Å²) in [5.41, 5.74) is -0.498. The van der Waals surface area contributed by atoms with Gasteiger partial charge in [-0.3, -0.25) is 0 Å². The molecule has 0 amide bonds. The first-order valence-corrected chi connectivity index (χ1v) is 11.9. The summed E-state index contributed by atoms with van der Waals surface area (Å²) in [6.45, 7) is 1.38. The number of carboxylic acid groups (broad SMARTS) is 1. The van der Waals surface area contributed by atoms with Gasteiger partial charge < -0.3 is 14.6 Å². The first-order chi connectivity index (χ1) is 15.5. The molecule has 0 aromatic heterocycles. The zero-order chi connectivity index (χ0) is 24.3. The van der Waals surface area contributed by atoms with E-state index in [2.05, 4.69) is 12.6 Å². The van der Waals surface area contributed by atoms with Crippen LogP contribution in [-0.4, -0.2) is 54.8 Å². The van der Waals surface area contributed by atoms with E-state index in [9.17, 15) is 31.5 Å². The summed E-state index contributed by atoms with van der Waals surface area (Å²) < 4.78 is 78.6. The van der Waals surface area contributed by atoms with Gasteiger partial charge in [-0.25, -0.2) is 26.4 Å². The van der Waals surface area contributed by atoms with Crippen molar-refractivity contribution < 1.29 is 41.0 Å². The van der Waals surface area contributed by atoms with Crippen molar-refractivity contribution in [1.29, 1.82) is 0 Å². The van der Waals surface area contributed by atoms with E-state index in [4.69, 9.17) is 9.47 Å². The van der Waals surface area contributed by atoms with Gasteiger partial charge in [0, 0.05) is 29.5 Å². The molecule has 12 heteroatoms. The first kappa shape index (κ1) is 25.3. The quantitative estimate of drug-likeness (QED) is 0.401. The van der Waals surface area contributed by atoms with E-state index in [0.717, 1.165) is 10.4 Å². The van der Waals surface area contributed by atoms with Gasteiger partial charge in [-0.1, -0.05) is 0 Å². The fourth-order valence-electron chi connectivity index (χ4n) is 3.54. The summed E-state index contributed by atoms with van der Waals surface area (Å²) in [4.78, 5) is 11.3. The third kappa shape index (κ3) is 5.62. The summed E-state index contributed by atoms with van der Waals surface area (Å²) in [5, 5.41) is 9.11. The van der Waals surface area contributed by atoms with Gasteiger partial charge in [0.15, 0.2) is 11.6 Å². The van der Waals surface area contributed by atoms with Crippen molar-refractivity contribution in [2.45, 2.75) is 36.1 Å². The molecule has 1 heterocycles. The van der Waals surface area contributed by atoms with Gasteiger partial charge in [0.05, 0.1) is 24.7 Å². The molecule has 0 bridgehead atoms. The molecule has 0 saturated carbocycles. The number of sulfonamides is 1. The highest BCUT2D eigenvalue weighted by Crippen LogP contribution is 2.31. The van der Waals surface area contributed by atoms with Crippen LogP contribution in [0.3, 0.4) is 0 Å². The number of hydrogen-bond acceptors (Lipinski definition) is 6. The summed E-state index contributed by atoms with van der Waals surface area (Å²) in [6, 6.07) is 3.99. The molecule has 7 nitrogen and oxygen atoms in total. The highest BCUT2D eigenvalue weighted by Gasteiger charge is 2.39. The van der Waals surface area contributed by atoms with Crippen LogP contribution in [0.15, 0.2) is 35.2 Å². The minimum absolute atomic E-state index is 0.0471. The number of rotatable bonds is 9. The van der Waals surface area contributed by atoms with Crippen molar-refractivity contribution in [3.8, 4) is 5.75 Å². The van der Waals surface area contributed by atoms with E-state index in [1.165, 1.54) is 12.1 Å². The Bertz CT molecular complexity index is 1150. The van der Waals surface area contributed by atoms with Gasteiger partial charge in [-0.05, 0) is 37.6 Å². The Kier molecular flexibility index (Phi) is 7.93. The smallest absolute Gasteiger partial charge is 0.339 e. The number of ether oxygens (including phenoxy) is 2. The van der Waals surface area contributed by atoms with Crippen molar-refractivity contribution in [3.63, 3.8) is 0 Å². The molecule has 1 aliphatic rings. The fourth-order valence-corrected chi connectivity index (χ4v) is 5.76. The van der Waals surface area contributed by atoms with Crippen molar-refractivity contribution in [2.24, 2.45) is 0 Å². The maximum atomic E-state index is 13.8. The van der Waals surface area contributed by atoms with Crippen molar-refractivity contribution in [1.82, 2.24) is 4.31 Å². The molecule has 2 aromatic rings. The zero-order valence-electron chi connectivity index (χ0n) is 17.5. The van der Waals surface area contributed by atoms with Gasteiger partial charge in [0.25, 0.3) is 0 Å². The molecule has 1 saturated heterocycles. The second-order valence-electron chi connectivity index (χ2n) is 7.39. The number of carboxylic acids is 1. The number of halogens is 3. The van der Waals surface area contributed by atoms with E-state index >= 15 is 0 Å². The van der Waals surface area contributed by atoms with Crippen LogP contribution in [0.5, 0.6) is 5.75 Å². The molecule has 3 rings (SSSR count). The van der Waals surface area contributed by atoms with Crippen molar-refractivity contribution in [3.05, 3.63) is 58.9 Å². The molecule has 2 atom stereocenters. The summed E-state index contributed by atoms with van der Waals surface area (Å²) in [6.07, 6.45) is 0.325. The highest BCUT2D eigenvalue weighted by molar-refractivity contribution is 7.89. The van der Waals surface area contributed by atoms with Crippen LogP contribution in [0.1, 0.15) is 29.3 Å². The average molecular weight is 506 g/mol. The molecule has 1 N–H and O–H groups in total. The first-order valence-electron chi connectivity index (χ1n) is 9.95. The predicted octanol–water partition coefficient (Wildman–Crippen LogP) is 3.48. The second kappa shape index (κ2) is 10.3. The van der Waals surface area contributed by atoms with E-state index in [1.807, 2.05) is 0 Å². The maximum Gasteiger partial charge on any atom is 0.339 e. The van der Waals surface area contributed by atoms with E-state index < -0.39 is 46.1 Å². The number of thiol groups is 1. The lowest BCUT2D eigenvalue weighted by molar-refractivity contribution is 0.0692. The molecular formula is C21H22F3NO6S2. The molecule has 0 radical (unpaired) electrons. The number of hydrogen-bond donors (Lipinski definition) is 2. The third-order valence-corrected chi connectivity index (χ3v) is 7.38. The molecule has 33 heavy (non-hydrogen) atoms. The number of benzene rings is 2. The monoisotopic (exact) mass is 505 g/mol. The normalized spacial score (nSPS) is 19.1. The lowest BCUT2D eigenvalue weighted by Gasteiger charge is -2.24. The Morgan fingerprint density at radius 1 is 1.18 bits per heavy atom. The predicted molar refractivity (Wildman–Crippen MR) is 116 cm³/mol. The van der Waals surface area contributed by atoms with Gasteiger partial charge >= 0.3 is 5.97 Å². The number of nitrogens with zero attached hydrogens (tertiary/aromatic N) is 1. The highest BCUT2D eigenvalue weighted by atomic mass is 32.2. The number of aromatic carboxylic acids is 1. The lowest BCUT2D eigenvalue weighted by Crippen LogP contribution is -2.38. The summed E-state index contributed by atoms with van der Waals surface area (Å²) in [5.74, 6) is -4.81. The molecule has 180 valence electrons. The number of carbonyl (C=O) groups is 1. The Morgan fingerprint density at radius 2 is 1.88 bits per heavy atom. The average Bonchev–Trinajstić information content (AvgIpc) is 3.13. The van der Waals surface area contributed by atoms with Crippen LogP contribution in [0.2, 0.25) is 0 Å². The largest absolute Gasteiger partial charge is 0.493 e. The fraction of sp³-hybridized carbons (Fsp3) is 0.381. The third-order valence-electron chi connectivity index (χ3n) is 5.09. The minimum Gasteiger partial charge on any atom is -0.493 e. The lowest BCUT2D eigenvalue weighted by atomic mass is 10.2. The second-order valence-corrected chi connectivity index (χ2v) is 10.0. The van der Waals surface area contributed by atoms with Crippen LogP contribution in [0.4, 0.5) is 13.2 Å². The summed E-state index contributed by atoms with van der Waals surface area (Å²) >= 11 is 4.36. The SMILES string of the molecule is CCOc1ccc(S(=O)(=O)N2CC(S)CC2COCc2cc(F)c(F)cc2F)cc1C(=O)O. The molecule has 2 unspecified atom stereocenters. The standard InChI is InChI=1S/C21H22F3NO6S2/c1-2-31-20-4-3-15(7-16(20)21(26)27)33(28,29)25-9-14(32)6-13(25)11-30-10-12-5-18(23)19(24)8-17(12)22/h3-5,7-8,13-14,32H,2,6,9-11H2,1H3,(H,26,27). The molecule has 0 aliphatic carbocycles. The topological polar surface area (TPSA) is 93.1 Å². The van der Waals surface area contributed by atoms with Gasteiger partial charge in [0.2, 0.25) is 10.0 Å². The van der Waals surface area contributed by atoms with E-state index in [1.54, 1.807) is 6.92 Å². The van der Waals surface area contributed by atoms with E-state index in [-0.39, 0.29) is 46.8 Å².